The lowest BCUT2D eigenvalue weighted by molar-refractivity contribution is -0.268. The van der Waals surface area contributed by atoms with Crippen molar-refractivity contribution in [3.63, 3.8) is 0 Å². The third kappa shape index (κ3) is 13.7. The summed E-state index contributed by atoms with van der Waals surface area (Å²) in [5.41, 5.74) is 0.201. The Morgan fingerprint density at radius 1 is 0.478 bits per heavy atom. The molecule has 2 heterocycles. The first-order chi connectivity index (χ1) is 33.7. The molecular weight excluding hydrogens is 907 g/mol. The van der Waals surface area contributed by atoms with Gasteiger partial charge in [-0.1, -0.05) is 12.1 Å². The Bertz CT molecular complexity index is 2280. The van der Waals surface area contributed by atoms with Crippen LogP contribution in [0.25, 0.3) is 10.8 Å². The number of hydrazone groups is 1. The van der Waals surface area contributed by atoms with Crippen LogP contribution in [-0.4, -0.2) is 180 Å². The molecule has 0 fully saturated rings. The number of methoxy groups -OCH3 is 3. The molecule has 21 heteroatoms. The molecule has 0 saturated carbocycles. The van der Waals surface area contributed by atoms with Gasteiger partial charge in [0, 0.05) is 48.8 Å². The molecule has 0 spiro atoms. The van der Waals surface area contributed by atoms with Crippen molar-refractivity contribution >= 4 is 46.0 Å². The van der Waals surface area contributed by atoms with E-state index in [0.717, 1.165) is 4.90 Å². The minimum Gasteiger partial charge on any atom is -0.872 e. The van der Waals surface area contributed by atoms with Crippen molar-refractivity contribution in [2.75, 3.05) is 145 Å². The maximum absolute atomic E-state index is 14.2. The smallest absolute Gasteiger partial charge is 0.282 e. The summed E-state index contributed by atoms with van der Waals surface area (Å²) in [5, 5.41) is 28.3. The first-order valence-corrected chi connectivity index (χ1v) is 22.1. The summed E-state index contributed by atoms with van der Waals surface area (Å²) in [5.74, 6) is -4.03. The van der Waals surface area contributed by atoms with Crippen LogP contribution in [0.4, 0.5) is 5.69 Å². The van der Waals surface area contributed by atoms with Crippen LogP contribution in [0, 0.1) is 0 Å². The SMILES string of the molecule is COCCOCCOCCOc1cc(C(O)=NN2C(=O)c3ccc4c5c(ccc(c35)C2=O)C(=O)N(c2ccc([O-])cc2)C4=O)cc(OCCOCCOCCOC)c1OCCOCCOCCOC. The number of anilines is 1. The van der Waals surface area contributed by atoms with Gasteiger partial charge >= 0.3 is 0 Å². The molecule has 0 aliphatic carbocycles. The van der Waals surface area contributed by atoms with Gasteiger partial charge in [-0.15, -0.1) is 10.9 Å². The molecule has 0 saturated heterocycles. The fraction of sp³-hybridized carbons (Fsp3) is 0.438. The van der Waals surface area contributed by atoms with Gasteiger partial charge in [-0.2, -0.15) is 5.01 Å². The number of hydrogen-bond donors (Lipinski definition) is 1. The summed E-state index contributed by atoms with van der Waals surface area (Å²) < 4.78 is 66.8. The lowest BCUT2D eigenvalue weighted by atomic mass is 9.86. The van der Waals surface area contributed by atoms with Gasteiger partial charge in [-0.25, -0.2) is 4.90 Å². The Labute approximate surface area is 398 Å². The van der Waals surface area contributed by atoms with E-state index < -0.39 is 29.5 Å². The highest BCUT2D eigenvalue weighted by molar-refractivity contribution is 6.39. The van der Waals surface area contributed by atoms with E-state index in [2.05, 4.69) is 5.10 Å². The Balaban J connectivity index is 1.25. The van der Waals surface area contributed by atoms with Crippen molar-refractivity contribution < 1.29 is 86.2 Å². The molecule has 0 atom stereocenters. The second-order valence-electron chi connectivity index (χ2n) is 14.9. The highest BCUT2D eigenvalue weighted by Gasteiger charge is 2.40. The van der Waals surface area contributed by atoms with Crippen LogP contribution in [-0.2, 0) is 42.6 Å². The van der Waals surface area contributed by atoms with Crippen molar-refractivity contribution in [1.82, 2.24) is 5.01 Å². The molecule has 6 rings (SSSR count). The van der Waals surface area contributed by atoms with Gasteiger partial charge < -0.3 is 67.1 Å². The van der Waals surface area contributed by atoms with Crippen molar-refractivity contribution in [3.8, 4) is 23.0 Å². The highest BCUT2D eigenvalue weighted by atomic mass is 16.6. The molecule has 4 aromatic carbocycles. The van der Waals surface area contributed by atoms with E-state index in [9.17, 15) is 29.4 Å². The predicted molar refractivity (Wildman–Crippen MR) is 244 cm³/mol. The lowest BCUT2D eigenvalue weighted by Gasteiger charge is -2.30. The van der Waals surface area contributed by atoms with Gasteiger partial charge in [0.1, 0.15) is 19.8 Å². The van der Waals surface area contributed by atoms with Crippen molar-refractivity contribution in [2.24, 2.45) is 5.10 Å². The van der Waals surface area contributed by atoms with Gasteiger partial charge in [0.05, 0.1) is 116 Å². The number of amides is 4. The number of carbonyl (C=O) groups is 4. The maximum atomic E-state index is 14.2. The van der Waals surface area contributed by atoms with Crippen LogP contribution in [0.15, 0.2) is 65.8 Å². The number of ether oxygens (including phenoxy) is 12. The van der Waals surface area contributed by atoms with Crippen LogP contribution in [0.2, 0.25) is 0 Å². The van der Waals surface area contributed by atoms with E-state index in [1.165, 1.54) is 60.7 Å². The molecule has 0 radical (unpaired) electrons. The fourth-order valence-corrected chi connectivity index (χ4v) is 7.01. The van der Waals surface area contributed by atoms with Gasteiger partial charge in [0.2, 0.25) is 11.6 Å². The number of carbonyl (C=O) groups excluding carboxylic acids is 4. The summed E-state index contributed by atoms with van der Waals surface area (Å²) in [6.45, 7) is 4.96. The molecule has 2 aliphatic heterocycles. The Morgan fingerprint density at radius 2 is 0.826 bits per heavy atom. The Hall–Kier alpha value is -6.27. The van der Waals surface area contributed by atoms with E-state index in [-0.39, 0.29) is 120 Å². The molecule has 4 amide bonds. The molecule has 2 aliphatic rings. The zero-order chi connectivity index (χ0) is 49.0. The van der Waals surface area contributed by atoms with E-state index in [4.69, 9.17) is 56.8 Å². The number of rotatable bonds is 33. The van der Waals surface area contributed by atoms with E-state index in [0.29, 0.717) is 71.1 Å². The minimum absolute atomic E-state index is 0.0137. The van der Waals surface area contributed by atoms with Gasteiger partial charge in [-0.05, 0) is 48.5 Å². The number of aliphatic hydroxyl groups excluding tert-OH is 1. The van der Waals surface area contributed by atoms with Crippen molar-refractivity contribution in [1.29, 1.82) is 0 Å². The molecule has 0 aromatic heterocycles. The molecule has 4 aromatic rings. The average Bonchev–Trinajstić information content (AvgIpc) is 3.35. The quantitative estimate of drug-likeness (QED) is 0.0311. The second-order valence-corrected chi connectivity index (χ2v) is 14.9. The molecule has 1 N–H and O–H groups in total. The van der Waals surface area contributed by atoms with Crippen LogP contribution in [0.5, 0.6) is 23.0 Å². The van der Waals surface area contributed by atoms with Crippen LogP contribution >= 0.6 is 0 Å². The van der Waals surface area contributed by atoms with Crippen molar-refractivity contribution in [3.05, 3.63) is 88.5 Å². The number of hydrogen-bond acceptors (Lipinski definition) is 18. The summed E-state index contributed by atoms with van der Waals surface area (Å²) in [4.78, 5) is 56.9. The monoisotopic (exact) mass is 962 g/mol. The standard InChI is InChI=1S/C48H57N3O18/c1-58-12-15-61-18-21-64-24-27-67-39-30-32(31-40(68-28-25-65-22-19-62-16-13-59-2)43(39)69-29-26-66-23-20-63-17-14-60-3)44(53)49-51-47(56)37-10-8-35-41-36(9-11-38(42(37)41)48(51)57)46(55)50(45(35)54)33-4-6-34(52)7-5-33/h4-11,30-31,52H,12-29H2,1-3H3,(H,49,53)/p-1. The Kier molecular flexibility index (Phi) is 20.4. The predicted octanol–water partition coefficient (Wildman–Crippen LogP) is 3.41. The van der Waals surface area contributed by atoms with E-state index in [1.807, 2.05) is 0 Å². The fourth-order valence-electron chi connectivity index (χ4n) is 7.01. The normalized spacial score (nSPS) is 13.5. The largest absolute Gasteiger partial charge is 0.872 e. The molecule has 0 unspecified atom stereocenters. The highest BCUT2D eigenvalue weighted by Crippen LogP contribution is 2.41. The van der Waals surface area contributed by atoms with Crippen LogP contribution in [0.1, 0.15) is 47.0 Å². The maximum Gasteiger partial charge on any atom is 0.282 e. The van der Waals surface area contributed by atoms with Crippen molar-refractivity contribution in [2.45, 2.75) is 0 Å². The number of imide groups is 2. The summed E-state index contributed by atoms with van der Waals surface area (Å²) >= 11 is 0. The lowest BCUT2D eigenvalue weighted by Crippen LogP contribution is -2.42. The summed E-state index contributed by atoms with van der Waals surface area (Å²) in [7, 11) is 4.74. The zero-order valence-corrected chi connectivity index (χ0v) is 38.7. The van der Waals surface area contributed by atoms with Gasteiger partial charge in [-0.3, -0.25) is 19.2 Å². The third-order valence-electron chi connectivity index (χ3n) is 10.3. The molecule has 21 nitrogen and oxygen atoms in total. The summed E-state index contributed by atoms with van der Waals surface area (Å²) in [6, 6.07) is 13.5. The third-order valence-corrected chi connectivity index (χ3v) is 10.3. The van der Waals surface area contributed by atoms with Crippen LogP contribution < -0.4 is 24.2 Å². The molecular formula is C48H56N3O18-. The number of nitrogens with zero attached hydrogens (tertiary/aromatic N) is 3. The Morgan fingerprint density at radius 3 is 1.22 bits per heavy atom. The topological polar surface area (TPSA) is 241 Å². The number of benzene rings is 4. The molecule has 69 heavy (non-hydrogen) atoms. The number of aliphatic hydroxyl groups is 1. The minimum atomic E-state index is -0.931. The first kappa shape index (κ1) is 52.1. The van der Waals surface area contributed by atoms with E-state index in [1.54, 1.807) is 21.3 Å². The summed E-state index contributed by atoms with van der Waals surface area (Å²) in [6.07, 6.45) is 0. The van der Waals surface area contributed by atoms with E-state index >= 15 is 0 Å². The van der Waals surface area contributed by atoms with Gasteiger partial charge in [0.15, 0.2) is 11.5 Å². The van der Waals surface area contributed by atoms with Gasteiger partial charge in [0.25, 0.3) is 23.6 Å². The average molecular weight is 963 g/mol. The zero-order valence-electron chi connectivity index (χ0n) is 38.7. The molecule has 0 bridgehead atoms. The molecule has 372 valence electrons. The first-order valence-electron chi connectivity index (χ1n) is 22.1. The van der Waals surface area contributed by atoms with Crippen LogP contribution in [0.3, 0.4) is 0 Å². The second kappa shape index (κ2) is 27.1.